The minimum absolute atomic E-state index is 0. The monoisotopic (exact) mass is 497 g/mol. The van der Waals surface area contributed by atoms with E-state index in [1.165, 1.54) is 4.88 Å². The average Bonchev–Trinajstić information content (AvgIpc) is 3.32. The number of nitrogens with zero attached hydrogens (tertiary/aromatic N) is 2. The fourth-order valence-corrected chi connectivity index (χ4v) is 3.60. The SMILES string of the molecule is CCNC(=NCC(C)c1cccs1)NCCCc1nc2ccccc2[nH]1.I. The van der Waals surface area contributed by atoms with Crippen LogP contribution in [0.5, 0.6) is 0 Å². The number of halogens is 1. The normalized spacial score (nSPS) is 12.6. The van der Waals surface area contributed by atoms with E-state index in [2.05, 4.69) is 58.0 Å². The molecule has 0 aliphatic rings. The third-order valence-corrected chi connectivity index (χ3v) is 5.32. The van der Waals surface area contributed by atoms with Crippen molar-refractivity contribution in [2.75, 3.05) is 19.6 Å². The topological polar surface area (TPSA) is 65.1 Å². The van der Waals surface area contributed by atoms with Crippen LogP contribution in [0, 0.1) is 0 Å². The van der Waals surface area contributed by atoms with Gasteiger partial charge in [0.15, 0.2) is 5.96 Å². The molecule has 1 atom stereocenters. The molecule has 0 saturated heterocycles. The van der Waals surface area contributed by atoms with Gasteiger partial charge in [-0.3, -0.25) is 4.99 Å². The second kappa shape index (κ2) is 11.3. The van der Waals surface area contributed by atoms with E-state index >= 15 is 0 Å². The molecule has 0 fully saturated rings. The van der Waals surface area contributed by atoms with Crippen LogP contribution in [0.2, 0.25) is 0 Å². The van der Waals surface area contributed by atoms with Gasteiger partial charge >= 0.3 is 0 Å². The highest BCUT2D eigenvalue weighted by molar-refractivity contribution is 14.0. The lowest BCUT2D eigenvalue weighted by Gasteiger charge is -2.12. The third-order valence-electron chi connectivity index (χ3n) is 4.22. The molecule has 0 bridgehead atoms. The first-order chi connectivity index (χ1) is 12.8. The average molecular weight is 497 g/mol. The molecular formula is C20H28IN5S. The van der Waals surface area contributed by atoms with E-state index < -0.39 is 0 Å². The van der Waals surface area contributed by atoms with Crippen LogP contribution in [0.1, 0.15) is 36.9 Å². The quantitative estimate of drug-likeness (QED) is 0.185. The van der Waals surface area contributed by atoms with Gasteiger partial charge in [0.25, 0.3) is 0 Å². The molecule has 0 radical (unpaired) electrons. The summed E-state index contributed by atoms with van der Waals surface area (Å²) in [6, 6.07) is 12.4. The number of nitrogens with one attached hydrogen (secondary N) is 3. The molecule has 3 rings (SSSR count). The summed E-state index contributed by atoms with van der Waals surface area (Å²) in [7, 11) is 0. The summed E-state index contributed by atoms with van der Waals surface area (Å²) in [5, 5.41) is 8.87. The fraction of sp³-hybridized carbons (Fsp3) is 0.400. The number of imidazole rings is 1. The van der Waals surface area contributed by atoms with E-state index in [9.17, 15) is 0 Å². The number of aromatic amines is 1. The molecular weight excluding hydrogens is 469 g/mol. The number of hydrogen-bond acceptors (Lipinski definition) is 3. The number of guanidine groups is 1. The number of benzene rings is 1. The van der Waals surface area contributed by atoms with Gasteiger partial charge in [-0.2, -0.15) is 0 Å². The maximum absolute atomic E-state index is 4.73. The highest BCUT2D eigenvalue weighted by Crippen LogP contribution is 2.20. The predicted molar refractivity (Wildman–Crippen MR) is 127 cm³/mol. The summed E-state index contributed by atoms with van der Waals surface area (Å²) < 4.78 is 0. The molecule has 1 aromatic carbocycles. The van der Waals surface area contributed by atoms with Crippen molar-refractivity contribution >= 4 is 52.3 Å². The second-order valence-electron chi connectivity index (χ2n) is 6.37. The number of rotatable bonds is 8. The summed E-state index contributed by atoms with van der Waals surface area (Å²) in [6.07, 6.45) is 1.93. The molecule has 3 N–H and O–H groups in total. The van der Waals surface area contributed by atoms with Crippen LogP contribution in [-0.2, 0) is 6.42 Å². The Labute approximate surface area is 182 Å². The van der Waals surface area contributed by atoms with Crippen LogP contribution in [0.3, 0.4) is 0 Å². The minimum Gasteiger partial charge on any atom is -0.357 e. The summed E-state index contributed by atoms with van der Waals surface area (Å²) in [5.41, 5.74) is 2.14. The van der Waals surface area contributed by atoms with E-state index in [-0.39, 0.29) is 24.0 Å². The first-order valence-electron chi connectivity index (χ1n) is 9.25. The Kier molecular flexibility index (Phi) is 9.06. The van der Waals surface area contributed by atoms with Gasteiger partial charge in [-0.05, 0) is 36.9 Å². The zero-order valence-corrected chi connectivity index (χ0v) is 19.0. The van der Waals surface area contributed by atoms with Crippen molar-refractivity contribution in [2.24, 2.45) is 4.99 Å². The molecule has 0 saturated carbocycles. The molecule has 0 spiro atoms. The first-order valence-corrected chi connectivity index (χ1v) is 10.1. The zero-order valence-electron chi connectivity index (χ0n) is 15.9. The van der Waals surface area contributed by atoms with Crippen molar-refractivity contribution < 1.29 is 0 Å². The van der Waals surface area contributed by atoms with Crippen LogP contribution >= 0.6 is 35.3 Å². The minimum atomic E-state index is 0. The standard InChI is InChI=1S/C20H27N5S.HI/c1-3-21-20(23-14-15(2)18-10-7-13-26-18)22-12-6-11-19-24-16-8-4-5-9-17(16)25-19;/h4-5,7-10,13,15H,3,6,11-12,14H2,1-2H3,(H,24,25)(H2,21,22,23);1H. The molecule has 0 aliphatic heterocycles. The number of hydrogen-bond donors (Lipinski definition) is 3. The number of aliphatic imine (C=N–C) groups is 1. The van der Waals surface area contributed by atoms with E-state index in [0.29, 0.717) is 5.92 Å². The Morgan fingerprint density at radius 3 is 2.81 bits per heavy atom. The molecule has 7 heteroatoms. The van der Waals surface area contributed by atoms with Gasteiger partial charge in [-0.25, -0.2) is 4.98 Å². The van der Waals surface area contributed by atoms with Gasteiger partial charge in [0, 0.05) is 30.3 Å². The summed E-state index contributed by atoms with van der Waals surface area (Å²) in [4.78, 5) is 14.1. The maximum Gasteiger partial charge on any atom is 0.191 e. The van der Waals surface area contributed by atoms with Crippen molar-refractivity contribution in [1.82, 2.24) is 20.6 Å². The number of thiophene rings is 1. The van der Waals surface area contributed by atoms with Gasteiger partial charge in [0.1, 0.15) is 5.82 Å². The molecule has 0 aliphatic carbocycles. The third kappa shape index (κ3) is 6.49. The molecule has 3 aromatic rings. The Balaban J connectivity index is 0.00000261. The highest BCUT2D eigenvalue weighted by atomic mass is 127. The molecule has 1 unspecified atom stereocenters. The lowest BCUT2D eigenvalue weighted by molar-refractivity contribution is 0.717. The maximum atomic E-state index is 4.73. The number of H-pyrrole nitrogens is 1. The van der Waals surface area contributed by atoms with Crippen LogP contribution in [0.15, 0.2) is 46.8 Å². The van der Waals surface area contributed by atoms with Crippen molar-refractivity contribution in [3.05, 3.63) is 52.5 Å². The Morgan fingerprint density at radius 1 is 1.22 bits per heavy atom. The smallest absolute Gasteiger partial charge is 0.191 e. The molecule has 27 heavy (non-hydrogen) atoms. The number of aromatic nitrogens is 2. The van der Waals surface area contributed by atoms with Gasteiger partial charge in [-0.15, -0.1) is 35.3 Å². The molecule has 2 aromatic heterocycles. The summed E-state index contributed by atoms with van der Waals surface area (Å²) in [6.45, 7) is 6.84. The molecule has 146 valence electrons. The molecule has 0 amide bonds. The summed E-state index contributed by atoms with van der Waals surface area (Å²) >= 11 is 1.80. The van der Waals surface area contributed by atoms with Crippen LogP contribution < -0.4 is 10.6 Å². The van der Waals surface area contributed by atoms with Gasteiger partial charge in [-0.1, -0.05) is 25.1 Å². The zero-order chi connectivity index (χ0) is 18.2. The largest absolute Gasteiger partial charge is 0.357 e. The first kappa shape index (κ1) is 21.7. The van der Waals surface area contributed by atoms with E-state index in [0.717, 1.165) is 55.3 Å². The van der Waals surface area contributed by atoms with Crippen molar-refractivity contribution in [2.45, 2.75) is 32.6 Å². The van der Waals surface area contributed by atoms with Gasteiger partial charge < -0.3 is 15.6 Å². The number of fused-ring (bicyclic) bond motifs is 1. The van der Waals surface area contributed by atoms with Crippen molar-refractivity contribution in [1.29, 1.82) is 0 Å². The molecule has 2 heterocycles. The lowest BCUT2D eigenvalue weighted by atomic mass is 10.1. The van der Waals surface area contributed by atoms with Crippen LogP contribution in [0.4, 0.5) is 0 Å². The van der Waals surface area contributed by atoms with Gasteiger partial charge in [0.2, 0.25) is 0 Å². The second-order valence-corrected chi connectivity index (χ2v) is 7.35. The van der Waals surface area contributed by atoms with Crippen molar-refractivity contribution in [3.63, 3.8) is 0 Å². The fourth-order valence-electron chi connectivity index (χ4n) is 2.82. The summed E-state index contributed by atoms with van der Waals surface area (Å²) in [5.74, 6) is 2.38. The Morgan fingerprint density at radius 2 is 2.07 bits per heavy atom. The van der Waals surface area contributed by atoms with E-state index in [4.69, 9.17) is 4.99 Å². The van der Waals surface area contributed by atoms with E-state index in [1.807, 2.05) is 18.2 Å². The Bertz CT molecular complexity index is 795. The number of para-hydroxylation sites is 2. The molecule has 5 nitrogen and oxygen atoms in total. The number of aryl methyl sites for hydroxylation is 1. The van der Waals surface area contributed by atoms with Crippen molar-refractivity contribution in [3.8, 4) is 0 Å². The van der Waals surface area contributed by atoms with Crippen LogP contribution in [0.25, 0.3) is 11.0 Å². The van der Waals surface area contributed by atoms with Crippen LogP contribution in [-0.4, -0.2) is 35.6 Å². The van der Waals surface area contributed by atoms with E-state index in [1.54, 1.807) is 11.3 Å². The lowest BCUT2D eigenvalue weighted by Crippen LogP contribution is -2.38. The highest BCUT2D eigenvalue weighted by Gasteiger charge is 2.07. The van der Waals surface area contributed by atoms with Gasteiger partial charge in [0.05, 0.1) is 17.6 Å². The Hall–Kier alpha value is -1.61. The predicted octanol–water partition coefficient (Wildman–Crippen LogP) is 4.53.